The van der Waals surface area contributed by atoms with Crippen LogP contribution in [0.1, 0.15) is 37.7 Å². The number of rotatable bonds is 7. The minimum atomic E-state index is -0.466. The van der Waals surface area contributed by atoms with Crippen molar-refractivity contribution in [2.24, 2.45) is 5.92 Å². The number of nitro groups is 1. The Labute approximate surface area is 163 Å². The summed E-state index contributed by atoms with van der Waals surface area (Å²) in [5.74, 6) is 1.18. The third-order valence-electron chi connectivity index (χ3n) is 4.85. The van der Waals surface area contributed by atoms with Crippen LogP contribution in [-0.4, -0.2) is 16.1 Å². The maximum absolute atomic E-state index is 12.9. The van der Waals surface area contributed by atoms with Crippen molar-refractivity contribution in [3.63, 3.8) is 0 Å². The van der Waals surface area contributed by atoms with Crippen LogP contribution in [0.15, 0.2) is 54.6 Å². The minimum Gasteiger partial charge on any atom is -0.426 e. The fraction of sp³-hybridized carbons (Fsp3) is 0.381. The molecule has 5 nitrogen and oxygen atoms in total. The van der Waals surface area contributed by atoms with E-state index in [1.54, 1.807) is 11.8 Å². The third kappa shape index (κ3) is 5.57. The Kier molecular flexibility index (Phi) is 6.87. The fourth-order valence-electron chi connectivity index (χ4n) is 3.40. The standard InChI is InChI=1S/C21H23NO4S/c23-21(26-19-13-11-18(12-14-19)22(24)25)20(17-9-5-2-6-10-17)27-15-16-7-3-1-4-8-16/h1,3-4,7-8,11-14,17,20H,2,5-6,9-10,15H2/t20-/m0/s1. The van der Waals surface area contributed by atoms with Crippen molar-refractivity contribution in [1.82, 2.24) is 0 Å². The first kappa shape index (κ1) is 19.4. The van der Waals surface area contributed by atoms with Gasteiger partial charge >= 0.3 is 5.97 Å². The Balaban J connectivity index is 1.68. The van der Waals surface area contributed by atoms with Gasteiger partial charge in [0.1, 0.15) is 11.0 Å². The van der Waals surface area contributed by atoms with Gasteiger partial charge in [-0.15, -0.1) is 11.8 Å². The number of thioether (sulfide) groups is 1. The van der Waals surface area contributed by atoms with Crippen molar-refractivity contribution < 1.29 is 14.5 Å². The Morgan fingerprint density at radius 2 is 1.74 bits per heavy atom. The third-order valence-corrected chi connectivity index (χ3v) is 6.29. The highest BCUT2D eigenvalue weighted by Gasteiger charge is 2.31. The molecule has 0 aromatic heterocycles. The summed E-state index contributed by atoms with van der Waals surface area (Å²) in [5.41, 5.74) is 1.17. The predicted octanol–water partition coefficient (Wildman–Crippen LogP) is 5.38. The number of esters is 1. The number of nitro benzene ring substituents is 1. The second-order valence-electron chi connectivity index (χ2n) is 6.79. The second-order valence-corrected chi connectivity index (χ2v) is 7.92. The van der Waals surface area contributed by atoms with Crippen LogP contribution in [0.4, 0.5) is 5.69 Å². The van der Waals surface area contributed by atoms with Crippen LogP contribution in [-0.2, 0) is 10.5 Å². The number of benzene rings is 2. The maximum atomic E-state index is 12.9. The van der Waals surface area contributed by atoms with Crippen LogP contribution in [0.3, 0.4) is 0 Å². The van der Waals surface area contributed by atoms with Crippen molar-refractivity contribution in [3.05, 3.63) is 70.3 Å². The molecule has 0 heterocycles. The Morgan fingerprint density at radius 3 is 2.37 bits per heavy atom. The zero-order chi connectivity index (χ0) is 19.1. The first-order valence-electron chi connectivity index (χ1n) is 9.25. The molecule has 1 saturated carbocycles. The number of carbonyl (C=O) groups excluding carboxylic acids is 1. The molecule has 0 bridgehead atoms. The van der Waals surface area contributed by atoms with E-state index in [2.05, 4.69) is 12.1 Å². The van der Waals surface area contributed by atoms with Crippen molar-refractivity contribution in [2.75, 3.05) is 0 Å². The molecule has 3 rings (SSSR count). The lowest BCUT2D eigenvalue weighted by Gasteiger charge is -2.28. The summed E-state index contributed by atoms with van der Waals surface area (Å²) >= 11 is 1.63. The van der Waals surface area contributed by atoms with E-state index in [4.69, 9.17) is 4.74 Å². The van der Waals surface area contributed by atoms with Crippen LogP contribution in [0.25, 0.3) is 0 Å². The number of nitrogens with zero attached hydrogens (tertiary/aromatic N) is 1. The van der Waals surface area contributed by atoms with Gasteiger partial charge in [-0.2, -0.15) is 0 Å². The van der Waals surface area contributed by atoms with Gasteiger partial charge in [0.05, 0.1) is 4.92 Å². The monoisotopic (exact) mass is 385 g/mol. The Morgan fingerprint density at radius 1 is 1.07 bits per heavy atom. The van der Waals surface area contributed by atoms with E-state index < -0.39 is 4.92 Å². The highest BCUT2D eigenvalue weighted by atomic mass is 32.2. The van der Waals surface area contributed by atoms with Crippen LogP contribution >= 0.6 is 11.8 Å². The molecule has 0 aliphatic heterocycles. The summed E-state index contributed by atoms with van der Waals surface area (Å²) in [6.45, 7) is 0. The molecule has 2 aromatic rings. The predicted molar refractivity (Wildman–Crippen MR) is 107 cm³/mol. The van der Waals surface area contributed by atoms with Gasteiger partial charge in [0, 0.05) is 17.9 Å². The van der Waals surface area contributed by atoms with Crippen LogP contribution < -0.4 is 4.74 Å². The molecule has 1 atom stereocenters. The van der Waals surface area contributed by atoms with Gasteiger partial charge in [-0.1, -0.05) is 49.6 Å². The molecule has 1 aliphatic rings. The Bertz CT molecular complexity index is 758. The van der Waals surface area contributed by atoms with E-state index in [-0.39, 0.29) is 16.9 Å². The highest BCUT2D eigenvalue weighted by Crippen LogP contribution is 2.35. The van der Waals surface area contributed by atoms with E-state index in [1.807, 2.05) is 18.2 Å². The zero-order valence-corrected chi connectivity index (χ0v) is 15.9. The molecule has 0 unspecified atom stereocenters. The van der Waals surface area contributed by atoms with Gasteiger partial charge < -0.3 is 4.74 Å². The molecule has 0 amide bonds. The number of carbonyl (C=O) groups is 1. The molecule has 6 heteroatoms. The SMILES string of the molecule is O=C(Oc1ccc([N+](=O)[O-])cc1)[C@@H](SCc1ccccc1)C1CCCCC1. The first-order chi connectivity index (χ1) is 13.1. The quantitative estimate of drug-likeness (QED) is 0.277. The topological polar surface area (TPSA) is 69.4 Å². The molecule has 0 spiro atoms. The van der Waals surface area contributed by atoms with E-state index in [0.29, 0.717) is 11.7 Å². The molecular weight excluding hydrogens is 362 g/mol. The van der Waals surface area contributed by atoms with Crippen LogP contribution in [0.2, 0.25) is 0 Å². The lowest BCUT2D eigenvalue weighted by molar-refractivity contribution is -0.384. The second kappa shape index (κ2) is 9.55. The van der Waals surface area contributed by atoms with Crippen molar-refractivity contribution in [2.45, 2.75) is 43.1 Å². The van der Waals surface area contributed by atoms with E-state index in [1.165, 1.54) is 36.2 Å². The van der Waals surface area contributed by atoms with Gasteiger partial charge in [0.25, 0.3) is 5.69 Å². The molecule has 2 aromatic carbocycles. The molecule has 0 saturated heterocycles. The number of non-ortho nitro benzene ring substituents is 1. The normalized spacial score (nSPS) is 15.9. The minimum absolute atomic E-state index is 0.0166. The maximum Gasteiger partial charge on any atom is 0.324 e. The van der Waals surface area contributed by atoms with Crippen molar-refractivity contribution in [3.8, 4) is 5.75 Å². The fourth-order valence-corrected chi connectivity index (χ4v) is 4.70. The van der Waals surface area contributed by atoms with Crippen molar-refractivity contribution in [1.29, 1.82) is 0 Å². The molecule has 1 fully saturated rings. The van der Waals surface area contributed by atoms with E-state index >= 15 is 0 Å². The smallest absolute Gasteiger partial charge is 0.324 e. The Hall–Kier alpha value is -2.34. The number of ether oxygens (including phenoxy) is 1. The lowest BCUT2D eigenvalue weighted by atomic mass is 9.86. The molecule has 0 N–H and O–H groups in total. The molecule has 0 radical (unpaired) electrons. The van der Waals surface area contributed by atoms with Gasteiger partial charge in [-0.25, -0.2) is 0 Å². The van der Waals surface area contributed by atoms with E-state index in [9.17, 15) is 14.9 Å². The van der Waals surface area contributed by atoms with Gasteiger partial charge in [0.2, 0.25) is 0 Å². The summed E-state index contributed by atoms with van der Waals surface area (Å²) in [5, 5.41) is 10.5. The summed E-state index contributed by atoms with van der Waals surface area (Å²) < 4.78 is 5.57. The number of hydrogen-bond donors (Lipinski definition) is 0. The average Bonchev–Trinajstić information content (AvgIpc) is 2.70. The summed E-state index contributed by atoms with van der Waals surface area (Å²) in [7, 11) is 0. The molecule has 1 aliphatic carbocycles. The summed E-state index contributed by atoms with van der Waals surface area (Å²) in [4.78, 5) is 23.2. The van der Waals surface area contributed by atoms with Gasteiger partial charge in [-0.05, 0) is 36.5 Å². The average molecular weight is 385 g/mol. The summed E-state index contributed by atoms with van der Waals surface area (Å²) in [6.07, 6.45) is 5.61. The largest absolute Gasteiger partial charge is 0.426 e. The molecule has 27 heavy (non-hydrogen) atoms. The number of hydrogen-bond acceptors (Lipinski definition) is 5. The van der Waals surface area contributed by atoms with Gasteiger partial charge in [-0.3, -0.25) is 14.9 Å². The molecule has 142 valence electrons. The summed E-state index contributed by atoms with van der Waals surface area (Å²) in [6, 6.07) is 15.8. The van der Waals surface area contributed by atoms with Crippen molar-refractivity contribution >= 4 is 23.4 Å². The first-order valence-corrected chi connectivity index (χ1v) is 10.3. The van der Waals surface area contributed by atoms with Gasteiger partial charge in [0.15, 0.2) is 0 Å². The van der Waals surface area contributed by atoms with Crippen LogP contribution in [0.5, 0.6) is 5.75 Å². The highest BCUT2D eigenvalue weighted by molar-refractivity contribution is 7.99. The lowest BCUT2D eigenvalue weighted by Crippen LogP contribution is -2.32. The zero-order valence-electron chi connectivity index (χ0n) is 15.1. The molecular formula is C21H23NO4S. The van der Waals surface area contributed by atoms with E-state index in [0.717, 1.165) is 31.4 Å². The van der Waals surface area contributed by atoms with Crippen LogP contribution in [0, 0.1) is 16.0 Å².